The number of carboxylic acid groups (broad SMARTS) is 1. The highest BCUT2D eigenvalue weighted by atomic mass is 16.4. The first-order valence-corrected chi connectivity index (χ1v) is 6.62. The number of carbonyl (C=O) groups is 1. The third-order valence-corrected chi connectivity index (χ3v) is 3.05. The summed E-state index contributed by atoms with van der Waals surface area (Å²) in [5.74, 6) is -0.571. The second kappa shape index (κ2) is 5.48. The molecule has 2 aromatic rings. The molecule has 0 saturated carbocycles. The average Bonchev–Trinajstić information content (AvgIpc) is 2.81. The molecule has 0 fully saturated rings. The Morgan fingerprint density at radius 3 is 2.85 bits per heavy atom. The third kappa shape index (κ3) is 3.46. The van der Waals surface area contributed by atoms with Crippen molar-refractivity contribution < 1.29 is 9.90 Å². The van der Waals surface area contributed by atoms with Crippen molar-refractivity contribution in [2.75, 3.05) is 11.9 Å². The van der Waals surface area contributed by atoms with E-state index in [0.717, 1.165) is 5.52 Å². The van der Waals surface area contributed by atoms with Gasteiger partial charge in [0.05, 0.1) is 12.1 Å². The number of aromatic nitrogens is 3. The van der Waals surface area contributed by atoms with E-state index in [4.69, 9.17) is 0 Å². The summed E-state index contributed by atoms with van der Waals surface area (Å²) in [6.45, 7) is 6.47. The first-order valence-electron chi connectivity index (χ1n) is 6.62. The van der Waals surface area contributed by atoms with E-state index >= 15 is 0 Å². The van der Waals surface area contributed by atoms with Crippen molar-refractivity contribution in [3.63, 3.8) is 0 Å². The molecule has 0 amide bonds. The van der Waals surface area contributed by atoms with Gasteiger partial charge in [0, 0.05) is 18.9 Å². The lowest BCUT2D eigenvalue weighted by Gasteiger charge is -2.23. The molecular weight excluding hydrogens is 256 g/mol. The number of rotatable bonds is 5. The van der Waals surface area contributed by atoms with Crippen molar-refractivity contribution in [3.8, 4) is 0 Å². The van der Waals surface area contributed by atoms with E-state index in [1.807, 2.05) is 26.8 Å². The number of carboxylic acids is 1. The number of anilines is 1. The molecule has 20 heavy (non-hydrogen) atoms. The predicted molar refractivity (Wildman–Crippen MR) is 76.7 cm³/mol. The summed E-state index contributed by atoms with van der Waals surface area (Å²) in [6, 6.07) is 1.84. The summed E-state index contributed by atoms with van der Waals surface area (Å²) in [7, 11) is 0. The van der Waals surface area contributed by atoms with Gasteiger partial charge in [-0.15, -0.1) is 0 Å². The van der Waals surface area contributed by atoms with Crippen LogP contribution in [0, 0.1) is 11.3 Å². The third-order valence-electron chi connectivity index (χ3n) is 3.05. The lowest BCUT2D eigenvalue weighted by Crippen LogP contribution is -2.27. The number of hydrogen-bond acceptors (Lipinski definition) is 4. The number of hydrogen-bond donors (Lipinski definition) is 2. The van der Waals surface area contributed by atoms with E-state index in [1.54, 1.807) is 23.1 Å². The van der Waals surface area contributed by atoms with Crippen LogP contribution in [0.1, 0.15) is 27.2 Å². The average molecular weight is 276 g/mol. The van der Waals surface area contributed by atoms with Gasteiger partial charge in [-0.05, 0) is 17.9 Å². The molecule has 0 aliphatic heterocycles. The van der Waals surface area contributed by atoms with Crippen LogP contribution < -0.4 is 5.32 Å². The van der Waals surface area contributed by atoms with Crippen molar-refractivity contribution in [2.45, 2.75) is 27.2 Å². The van der Waals surface area contributed by atoms with Crippen LogP contribution in [0.25, 0.3) is 5.52 Å². The fourth-order valence-electron chi connectivity index (χ4n) is 2.20. The Labute approximate surface area is 117 Å². The van der Waals surface area contributed by atoms with Crippen LogP contribution in [0.2, 0.25) is 0 Å². The fourth-order valence-corrected chi connectivity index (χ4v) is 2.20. The molecule has 0 bridgehead atoms. The number of nitrogens with zero attached hydrogens (tertiary/aromatic N) is 3. The minimum Gasteiger partial charge on any atom is -0.481 e. The SMILES string of the molecule is CC(C)(C)CC(CNc1nccn2nccc12)C(=O)O. The van der Waals surface area contributed by atoms with Gasteiger partial charge >= 0.3 is 5.97 Å². The summed E-state index contributed by atoms with van der Waals surface area (Å²) < 4.78 is 1.70. The summed E-state index contributed by atoms with van der Waals surface area (Å²) in [5.41, 5.74) is 0.813. The molecule has 6 nitrogen and oxygen atoms in total. The van der Waals surface area contributed by atoms with Crippen LogP contribution in [0.3, 0.4) is 0 Å². The van der Waals surface area contributed by atoms with E-state index in [9.17, 15) is 9.90 Å². The Balaban J connectivity index is 2.09. The Kier molecular flexibility index (Phi) is 3.92. The monoisotopic (exact) mass is 276 g/mol. The van der Waals surface area contributed by atoms with Crippen LogP contribution >= 0.6 is 0 Å². The van der Waals surface area contributed by atoms with Crippen molar-refractivity contribution >= 4 is 17.3 Å². The van der Waals surface area contributed by atoms with E-state index in [1.165, 1.54) is 0 Å². The molecule has 0 aliphatic rings. The standard InChI is InChI=1S/C14H20N4O2/c1-14(2,3)8-10(13(19)20)9-16-12-11-4-5-17-18(11)7-6-15-12/h4-7,10H,8-9H2,1-3H3,(H,15,16)(H,19,20). The molecule has 0 spiro atoms. The smallest absolute Gasteiger partial charge is 0.308 e. The van der Waals surface area contributed by atoms with E-state index < -0.39 is 11.9 Å². The minimum atomic E-state index is -0.784. The summed E-state index contributed by atoms with van der Waals surface area (Å²) in [4.78, 5) is 15.6. The van der Waals surface area contributed by atoms with Crippen LogP contribution in [-0.4, -0.2) is 32.2 Å². The minimum absolute atomic E-state index is 0.0270. The van der Waals surface area contributed by atoms with Crippen molar-refractivity contribution in [1.29, 1.82) is 0 Å². The zero-order valence-electron chi connectivity index (χ0n) is 12.0. The van der Waals surface area contributed by atoms with Gasteiger partial charge in [0.1, 0.15) is 5.52 Å². The molecule has 2 rings (SSSR count). The lowest BCUT2D eigenvalue weighted by atomic mass is 9.84. The molecule has 0 saturated heterocycles. The molecular formula is C14H20N4O2. The maximum atomic E-state index is 11.3. The Bertz CT molecular complexity index is 600. The highest BCUT2D eigenvalue weighted by Crippen LogP contribution is 2.25. The summed E-state index contributed by atoms with van der Waals surface area (Å²) in [5, 5.41) is 16.6. The Morgan fingerprint density at radius 1 is 1.45 bits per heavy atom. The summed E-state index contributed by atoms with van der Waals surface area (Å²) >= 11 is 0. The Hall–Kier alpha value is -2.11. The van der Waals surface area contributed by atoms with Crippen molar-refractivity contribution in [3.05, 3.63) is 24.7 Å². The van der Waals surface area contributed by atoms with Gasteiger partial charge in [-0.25, -0.2) is 9.50 Å². The molecule has 108 valence electrons. The van der Waals surface area contributed by atoms with E-state index in [0.29, 0.717) is 18.8 Å². The molecule has 2 aromatic heterocycles. The van der Waals surface area contributed by atoms with Gasteiger partial charge in [-0.3, -0.25) is 4.79 Å². The molecule has 2 heterocycles. The predicted octanol–water partition coefficient (Wildman–Crippen LogP) is 2.28. The lowest BCUT2D eigenvalue weighted by molar-refractivity contribution is -0.142. The first-order chi connectivity index (χ1) is 9.37. The van der Waals surface area contributed by atoms with Gasteiger partial charge in [-0.2, -0.15) is 5.10 Å². The second-order valence-corrected chi connectivity index (χ2v) is 6.12. The van der Waals surface area contributed by atoms with Gasteiger partial charge in [0.15, 0.2) is 5.82 Å². The largest absolute Gasteiger partial charge is 0.481 e. The molecule has 1 atom stereocenters. The van der Waals surface area contributed by atoms with Crippen LogP contribution in [0.5, 0.6) is 0 Å². The fraction of sp³-hybridized carbons (Fsp3) is 0.500. The maximum absolute atomic E-state index is 11.3. The molecule has 6 heteroatoms. The zero-order chi connectivity index (χ0) is 14.8. The second-order valence-electron chi connectivity index (χ2n) is 6.12. The number of fused-ring (bicyclic) bond motifs is 1. The normalized spacial score (nSPS) is 13.3. The molecule has 0 radical (unpaired) electrons. The van der Waals surface area contributed by atoms with E-state index in [2.05, 4.69) is 15.4 Å². The van der Waals surface area contributed by atoms with E-state index in [-0.39, 0.29) is 5.41 Å². The van der Waals surface area contributed by atoms with Crippen LogP contribution in [0.15, 0.2) is 24.7 Å². The molecule has 2 N–H and O–H groups in total. The number of nitrogens with one attached hydrogen (secondary N) is 1. The molecule has 0 aliphatic carbocycles. The van der Waals surface area contributed by atoms with Crippen LogP contribution in [-0.2, 0) is 4.79 Å². The number of aliphatic carboxylic acids is 1. The molecule has 1 unspecified atom stereocenters. The first kappa shape index (κ1) is 14.3. The zero-order valence-corrected chi connectivity index (χ0v) is 12.0. The van der Waals surface area contributed by atoms with Gasteiger partial charge < -0.3 is 10.4 Å². The van der Waals surface area contributed by atoms with Crippen molar-refractivity contribution in [2.24, 2.45) is 11.3 Å². The van der Waals surface area contributed by atoms with Crippen molar-refractivity contribution in [1.82, 2.24) is 14.6 Å². The van der Waals surface area contributed by atoms with Crippen LogP contribution in [0.4, 0.5) is 5.82 Å². The highest BCUT2D eigenvalue weighted by Gasteiger charge is 2.24. The highest BCUT2D eigenvalue weighted by molar-refractivity contribution is 5.72. The van der Waals surface area contributed by atoms with Gasteiger partial charge in [0.2, 0.25) is 0 Å². The van der Waals surface area contributed by atoms with Gasteiger partial charge in [-0.1, -0.05) is 20.8 Å². The topological polar surface area (TPSA) is 79.5 Å². The Morgan fingerprint density at radius 2 is 2.20 bits per heavy atom. The van der Waals surface area contributed by atoms with Gasteiger partial charge in [0.25, 0.3) is 0 Å². The maximum Gasteiger partial charge on any atom is 0.308 e. The summed E-state index contributed by atoms with van der Waals surface area (Å²) in [6.07, 6.45) is 5.69. The molecule has 0 aromatic carbocycles. The quantitative estimate of drug-likeness (QED) is 0.875.